The fraction of sp³-hybridized carbons (Fsp3) is 0.192. The fourth-order valence-electron chi connectivity index (χ4n) is 3.60. The van der Waals surface area contributed by atoms with Gasteiger partial charge in [-0.3, -0.25) is 4.79 Å². The molecule has 0 saturated heterocycles. The maximum absolute atomic E-state index is 12.8. The number of hydrogen-bond donors (Lipinski definition) is 1. The van der Waals surface area contributed by atoms with E-state index in [1.807, 2.05) is 86.0 Å². The quantitative estimate of drug-likeness (QED) is 0.444. The molecule has 158 valence electrons. The third kappa shape index (κ3) is 4.89. The number of nitrogens with zero attached hydrogens (tertiary/aromatic N) is 1. The summed E-state index contributed by atoms with van der Waals surface area (Å²) in [5.41, 5.74) is 4.13. The smallest absolute Gasteiger partial charge is 0.227 e. The predicted octanol–water partition coefficient (Wildman–Crippen LogP) is 4.96. The Morgan fingerprint density at radius 3 is 2.52 bits per heavy atom. The highest BCUT2D eigenvalue weighted by Gasteiger charge is 2.14. The van der Waals surface area contributed by atoms with Gasteiger partial charge in [0.05, 0.1) is 13.5 Å². The summed E-state index contributed by atoms with van der Waals surface area (Å²) in [4.78, 5) is 17.8. The number of likely N-dealkylation sites (N-methyl/N-ethyl adjacent to an activating group) is 1. The van der Waals surface area contributed by atoms with Crippen molar-refractivity contribution in [1.82, 2.24) is 9.88 Å². The van der Waals surface area contributed by atoms with Crippen LogP contribution in [0.1, 0.15) is 16.7 Å². The zero-order valence-corrected chi connectivity index (χ0v) is 17.8. The number of hydrogen-bond acceptors (Lipinski definition) is 3. The third-order valence-electron chi connectivity index (χ3n) is 5.33. The molecular formula is C26H26N2O3. The number of nitrogens with one attached hydrogen (secondary N) is 1. The second kappa shape index (κ2) is 9.39. The molecule has 0 unspecified atom stereocenters. The number of methoxy groups -OCH3 is 1. The molecule has 1 aromatic heterocycles. The van der Waals surface area contributed by atoms with Crippen molar-refractivity contribution >= 4 is 16.8 Å². The Morgan fingerprint density at radius 1 is 0.935 bits per heavy atom. The number of fused-ring (bicyclic) bond motifs is 1. The SMILES string of the molecule is COc1cc(CN(C)C(=O)Cc2c[nH]c3ccccc23)ccc1OCc1ccccc1. The number of H-pyrrole nitrogens is 1. The molecule has 0 bridgehead atoms. The summed E-state index contributed by atoms with van der Waals surface area (Å²) in [6.07, 6.45) is 2.27. The summed E-state index contributed by atoms with van der Waals surface area (Å²) in [6, 6.07) is 23.8. The van der Waals surface area contributed by atoms with Crippen LogP contribution in [0.2, 0.25) is 0 Å². The Balaban J connectivity index is 1.40. The van der Waals surface area contributed by atoms with E-state index in [0.717, 1.165) is 27.6 Å². The zero-order valence-electron chi connectivity index (χ0n) is 17.8. The molecular weight excluding hydrogens is 388 g/mol. The number of benzene rings is 3. The summed E-state index contributed by atoms with van der Waals surface area (Å²) in [5, 5.41) is 1.09. The average Bonchev–Trinajstić information content (AvgIpc) is 3.21. The first-order valence-corrected chi connectivity index (χ1v) is 10.3. The fourth-order valence-corrected chi connectivity index (χ4v) is 3.60. The second-order valence-corrected chi connectivity index (χ2v) is 7.55. The Bertz CT molecular complexity index is 1170. The van der Waals surface area contributed by atoms with Crippen LogP contribution in [0.5, 0.6) is 11.5 Å². The molecule has 31 heavy (non-hydrogen) atoms. The number of amides is 1. The highest BCUT2D eigenvalue weighted by Crippen LogP contribution is 2.29. The van der Waals surface area contributed by atoms with Crippen LogP contribution in [0.25, 0.3) is 10.9 Å². The monoisotopic (exact) mass is 414 g/mol. The molecule has 0 fully saturated rings. The van der Waals surface area contributed by atoms with Crippen LogP contribution in [0.15, 0.2) is 79.0 Å². The molecule has 3 aromatic carbocycles. The van der Waals surface area contributed by atoms with Crippen LogP contribution < -0.4 is 9.47 Å². The minimum absolute atomic E-state index is 0.0631. The van der Waals surface area contributed by atoms with Crippen LogP contribution in [0, 0.1) is 0 Å². The van der Waals surface area contributed by atoms with E-state index in [1.54, 1.807) is 12.0 Å². The predicted molar refractivity (Wildman–Crippen MR) is 122 cm³/mol. The molecule has 0 aliphatic heterocycles. The van der Waals surface area contributed by atoms with Crippen molar-refractivity contribution in [2.75, 3.05) is 14.2 Å². The lowest BCUT2D eigenvalue weighted by atomic mass is 10.1. The van der Waals surface area contributed by atoms with Crippen LogP contribution in [0.3, 0.4) is 0 Å². The minimum Gasteiger partial charge on any atom is -0.493 e. The van der Waals surface area contributed by atoms with E-state index in [-0.39, 0.29) is 5.91 Å². The van der Waals surface area contributed by atoms with Gasteiger partial charge in [0.1, 0.15) is 6.61 Å². The molecule has 0 atom stereocenters. The molecule has 4 aromatic rings. The molecule has 0 spiro atoms. The molecule has 1 N–H and O–H groups in total. The van der Waals surface area contributed by atoms with Gasteiger partial charge >= 0.3 is 0 Å². The average molecular weight is 415 g/mol. The number of carbonyl (C=O) groups is 1. The lowest BCUT2D eigenvalue weighted by molar-refractivity contribution is -0.129. The largest absolute Gasteiger partial charge is 0.493 e. The van der Waals surface area contributed by atoms with Gasteiger partial charge in [-0.15, -0.1) is 0 Å². The van der Waals surface area contributed by atoms with Gasteiger partial charge in [-0.2, -0.15) is 0 Å². The van der Waals surface area contributed by atoms with E-state index in [9.17, 15) is 4.79 Å². The maximum Gasteiger partial charge on any atom is 0.227 e. The van der Waals surface area contributed by atoms with Crippen molar-refractivity contribution in [2.45, 2.75) is 19.6 Å². The van der Waals surface area contributed by atoms with Crippen LogP contribution in [-0.2, 0) is 24.4 Å². The first-order chi connectivity index (χ1) is 15.1. The van der Waals surface area contributed by atoms with Gasteiger partial charge in [-0.1, -0.05) is 54.6 Å². The van der Waals surface area contributed by atoms with Gasteiger partial charge in [0.2, 0.25) is 5.91 Å². The van der Waals surface area contributed by atoms with Gasteiger partial charge in [0.15, 0.2) is 11.5 Å². The van der Waals surface area contributed by atoms with E-state index < -0.39 is 0 Å². The minimum atomic E-state index is 0.0631. The third-order valence-corrected chi connectivity index (χ3v) is 5.33. The van der Waals surface area contributed by atoms with Crippen LogP contribution in [0.4, 0.5) is 0 Å². The van der Waals surface area contributed by atoms with E-state index >= 15 is 0 Å². The normalized spacial score (nSPS) is 10.8. The van der Waals surface area contributed by atoms with Crippen molar-refractivity contribution in [3.8, 4) is 11.5 Å². The van der Waals surface area contributed by atoms with Crippen molar-refractivity contribution in [1.29, 1.82) is 0 Å². The Labute approximate surface area is 182 Å². The zero-order chi connectivity index (χ0) is 21.6. The van der Waals surface area contributed by atoms with E-state index in [4.69, 9.17) is 9.47 Å². The lowest BCUT2D eigenvalue weighted by Gasteiger charge is -2.18. The van der Waals surface area contributed by atoms with Crippen molar-refractivity contribution < 1.29 is 14.3 Å². The Morgan fingerprint density at radius 2 is 1.71 bits per heavy atom. The van der Waals surface area contributed by atoms with Crippen molar-refractivity contribution in [2.24, 2.45) is 0 Å². The van der Waals surface area contributed by atoms with Crippen LogP contribution in [-0.4, -0.2) is 29.9 Å². The lowest BCUT2D eigenvalue weighted by Crippen LogP contribution is -2.27. The molecule has 5 heteroatoms. The van der Waals surface area contributed by atoms with Gasteiger partial charge < -0.3 is 19.4 Å². The van der Waals surface area contributed by atoms with Gasteiger partial charge in [-0.25, -0.2) is 0 Å². The summed E-state index contributed by atoms with van der Waals surface area (Å²) >= 11 is 0. The van der Waals surface area contributed by atoms with Crippen molar-refractivity contribution in [3.63, 3.8) is 0 Å². The second-order valence-electron chi connectivity index (χ2n) is 7.55. The Kier molecular flexibility index (Phi) is 6.22. The molecule has 0 aliphatic carbocycles. The molecule has 4 rings (SSSR count). The highest BCUT2D eigenvalue weighted by molar-refractivity contribution is 5.88. The summed E-state index contributed by atoms with van der Waals surface area (Å²) in [5.74, 6) is 1.40. The molecule has 5 nitrogen and oxygen atoms in total. The summed E-state index contributed by atoms with van der Waals surface area (Å²) < 4.78 is 11.4. The van der Waals surface area contributed by atoms with Gasteiger partial charge in [0.25, 0.3) is 0 Å². The Hall–Kier alpha value is -3.73. The number of ether oxygens (including phenoxy) is 2. The van der Waals surface area contributed by atoms with E-state index in [0.29, 0.717) is 31.1 Å². The number of para-hydroxylation sites is 1. The number of aromatic nitrogens is 1. The summed E-state index contributed by atoms with van der Waals surface area (Å²) in [7, 11) is 3.45. The van der Waals surface area contributed by atoms with E-state index in [1.165, 1.54) is 0 Å². The van der Waals surface area contributed by atoms with Crippen molar-refractivity contribution in [3.05, 3.63) is 95.7 Å². The standard InChI is InChI=1S/C26H26N2O3/c1-28(26(29)15-21-16-27-23-11-7-6-10-22(21)23)17-20-12-13-24(25(14-20)30-2)31-18-19-8-4-3-5-9-19/h3-14,16,27H,15,17-18H2,1-2H3. The topological polar surface area (TPSA) is 54.6 Å². The number of rotatable bonds is 8. The van der Waals surface area contributed by atoms with Crippen LogP contribution >= 0.6 is 0 Å². The molecule has 1 amide bonds. The van der Waals surface area contributed by atoms with Gasteiger partial charge in [0, 0.05) is 30.7 Å². The number of aromatic amines is 1. The van der Waals surface area contributed by atoms with Gasteiger partial charge in [-0.05, 0) is 34.9 Å². The van der Waals surface area contributed by atoms with E-state index in [2.05, 4.69) is 4.98 Å². The maximum atomic E-state index is 12.8. The highest BCUT2D eigenvalue weighted by atomic mass is 16.5. The molecule has 0 radical (unpaired) electrons. The number of carbonyl (C=O) groups excluding carboxylic acids is 1. The first-order valence-electron chi connectivity index (χ1n) is 10.3. The summed E-state index contributed by atoms with van der Waals surface area (Å²) in [6.45, 7) is 0.968. The molecule has 1 heterocycles. The molecule has 0 saturated carbocycles. The first kappa shape index (κ1) is 20.5. The molecule has 0 aliphatic rings.